The maximum Gasteiger partial charge on any atom is 0.296 e. The molecule has 0 fully saturated rings. The molecule has 0 saturated heterocycles. The van der Waals surface area contributed by atoms with Crippen molar-refractivity contribution in [1.82, 2.24) is 19.7 Å². The molecule has 1 amide bonds. The molecule has 2 aromatic carbocycles. The minimum absolute atomic E-state index is 0.0252. The predicted octanol–water partition coefficient (Wildman–Crippen LogP) is 3.29. The molecular formula is C20H15N5O2. The summed E-state index contributed by atoms with van der Waals surface area (Å²) in [6.07, 6.45) is 1.47. The van der Waals surface area contributed by atoms with Crippen LogP contribution in [0.15, 0.2) is 79.0 Å². The van der Waals surface area contributed by atoms with Crippen molar-refractivity contribution in [1.29, 1.82) is 0 Å². The van der Waals surface area contributed by atoms with Gasteiger partial charge in [-0.15, -0.1) is 5.10 Å². The van der Waals surface area contributed by atoms with Gasteiger partial charge in [-0.3, -0.25) is 4.79 Å². The van der Waals surface area contributed by atoms with Gasteiger partial charge in [0.25, 0.3) is 5.91 Å². The average molecular weight is 357 g/mol. The Morgan fingerprint density at radius 2 is 1.63 bits per heavy atom. The first-order chi connectivity index (χ1) is 13.2. The summed E-state index contributed by atoms with van der Waals surface area (Å²) in [5.41, 5.74) is 1.61. The monoisotopic (exact) mass is 357 g/mol. The zero-order valence-electron chi connectivity index (χ0n) is 14.1. The zero-order chi connectivity index (χ0) is 18.6. The van der Waals surface area contributed by atoms with Crippen LogP contribution in [0, 0.1) is 0 Å². The number of hydrogen-bond acceptors (Lipinski definition) is 5. The molecule has 0 radical (unpaired) electrons. The summed E-state index contributed by atoms with van der Waals surface area (Å²) in [5, 5.41) is 16.7. The SMILES string of the molecule is O=C(Nc1ncccc1O)c1nc(-c2ccccc2)n(-c2ccccc2)n1. The third-order valence-electron chi connectivity index (χ3n) is 3.86. The lowest BCUT2D eigenvalue weighted by molar-refractivity contribution is 0.101. The number of benzene rings is 2. The summed E-state index contributed by atoms with van der Waals surface area (Å²) < 4.78 is 1.61. The summed E-state index contributed by atoms with van der Waals surface area (Å²) in [6, 6.07) is 21.9. The molecule has 0 aliphatic heterocycles. The summed E-state index contributed by atoms with van der Waals surface area (Å²) >= 11 is 0. The maximum atomic E-state index is 12.6. The van der Waals surface area contributed by atoms with Crippen LogP contribution in [0.5, 0.6) is 5.75 Å². The van der Waals surface area contributed by atoms with E-state index in [1.807, 2.05) is 60.7 Å². The molecule has 0 spiro atoms. The number of para-hydroxylation sites is 1. The smallest absolute Gasteiger partial charge is 0.296 e. The van der Waals surface area contributed by atoms with Crippen LogP contribution in [0.4, 0.5) is 5.82 Å². The highest BCUT2D eigenvalue weighted by Crippen LogP contribution is 2.22. The number of pyridine rings is 1. The predicted molar refractivity (Wildman–Crippen MR) is 101 cm³/mol. The van der Waals surface area contributed by atoms with Gasteiger partial charge in [-0.1, -0.05) is 48.5 Å². The van der Waals surface area contributed by atoms with Crippen molar-refractivity contribution in [3.8, 4) is 22.8 Å². The number of aromatic hydroxyl groups is 1. The first-order valence-electron chi connectivity index (χ1n) is 8.25. The van der Waals surface area contributed by atoms with Crippen molar-refractivity contribution < 1.29 is 9.90 Å². The van der Waals surface area contributed by atoms with Gasteiger partial charge in [-0.05, 0) is 24.3 Å². The lowest BCUT2D eigenvalue weighted by Gasteiger charge is -2.05. The maximum absolute atomic E-state index is 12.6. The highest BCUT2D eigenvalue weighted by Gasteiger charge is 2.19. The molecule has 2 N–H and O–H groups in total. The molecule has 0 atom stereocenters. The van der Waals surface area contributed by atoms with Gasteiger partial charge in [-0.25, -0.2) is 14.6 Å². The fourth-order valence-electron chi connectivity index (χ4n) is 2.59. The molecule has 132 valence electrons. The number of anilines is 1. The fraction of sp³-hybridized carbons (Fsp3) is 0. The number of hydrogen-bond donors (Lipinski definition) is 2. The number of aromatic nitrogens is 4. The molecule has 7 heteroatoms. The van der Waals surface area contributed by atoms with Crippen molar-refractivity contribution in [3.63, 3.8) is 0 Å². The zero-order valence-corrected chi connectivity index (χ0v) is 14.1. The number of carbonyl (C=O) groups is 1. The number of rotatable bonds is 4. The Balaban J connectivity index is 1.75. The molecule has 4 aromatic rings. The van der Waals surface area contributed by atoms with E-state index >= 15 is 0 Å². The number of amides is 1. The standard InChI is InChI=1S/C20H15N5O2/c26-16-12-7-13-21-17(16)23-20(27)18-22-19(14-8-3-1-4-9-14)25(24-18)15-10-5-2-6-11-15/h1-13,26H,(H,21,23,27). The highest BCUT2D eigenvalue weighted by molar-refractivity contribution is 6.02. The van der Waals surface area contributed by atoms with E-state index in [0.717, 1.165) is 11.3 Å². The number of nitrogens with one attached hydrogen (secondary N) is 1. The van der Waals surface area contributed by atoms with Crippen LogP contribution in [0.1, 0.15) is 10.6 Å². The first-order valence-corrected chi connectivity index (χ1v) is 8.25. The third-order valence-corrected chi connectivity index (χ3v) is 3.86. The minimum Gasteiger partial charge on any atom is -0.504 e. The fourth-order valence-corrected chi connectivity index (χ4v) is 2.59. The van der Waals surface area contributed by atoms with Crippen LogP contribution >= 0.6 is 0 Å². The molecule has 0 aliphatic rings. The molecule has 0 unspecified atom stereocenters. The first kappa shape index (κ1) is 16.5. The lowest BCUT2D eigenvalue weighted by atomic mass is 10.2. The summed E-state index contributed by atoms with van der Waals surface area (Å²) in [5.74, 6) is -0.118. The number of nitrogens with zero attached hydrogens (tertiary/aromatic N) is 4. The highest BCUT2D eigenvalue weighted by atomic mass is 16.3. The van der Waals surface area contributed by atoms with Crippen LogP contribution in [-0.4, -0.2) is 30.8 Å². The van der Waals surface area contributed by atoms with Crippen LogP contribution in [-0.2, 0) is 0 Å². The molecule has 2 aromatic heterocycles. The van der Waals surface area contributed by atoms with Gasteiger partial charge in [-0.2, -0.15) is 0 Å². The van der Waals surface area contributed by atoms with E-state index in [4.69, 9.17) is 0 Å². The van der Waals surface area contributed by atoms with Gasteiger partial charge < -0.3 is 10.4 Å². The lowest BCUT2D eigenvalue weighted by Crippen LogP contribution is -2.15. The van der Waals surface area contributed by atoms with Gasteiger partial charge in [0.2, 0.25) is 5.82 Å². The van der Waals surface area contributed by atoms with Gasteiger partial charge in [0, 0.05) is 11.8 Å². The summed E-state index contributed by atoms with van der Waals surface area (Å²) in [7, 11) is 0. The minimum atomic E-state index is -0.559. The Hall–Kier alpha value is -4.00. The van der Waals surface area contributed by atoms with Crippen LogP contribution in [0.25, 0.3) is 17.1 Å². The molecule has 0 saturated carbocycles. The molecule has 27 heavy (non-hydrogen) atoms. The molecule has 7 nitrogen and oxygen atoms in total. The Kier molecular flexibility index (Phi) is 4.32. The van der Waals surface area contributed by atoms with E-state index in [0.29, 0.717) is 5.82 Å². The van der Waals surface area contributed by atoms with E-state index in [-0.39, 0.29) is 17.4 Å². The van der Waals surface area contributed by atoms with Crippen molar-refractivity contribution in [2.45, 2.75) is 0 Å². The second-order valence-electron chi connectivity index (χ2n) is 5.70. The van der Waals surface area contributed by atoms with Gasteiger partial charge in [0.05, 0.1) is 5.69 Å². The Labute approximate surface area is 155 Å². The van der Waals surface area contributed by atoms with Crippen molar-refractivity contribution >= 4 is 11.7 Å². The average Bonchev–Trinajstić information content (AvgIpc) is 3.17. The second-order valence-corrected chi connectivity index (χ2v) is 5.70. The van der Waals surface area contributed by atoms with Crippen molar-refractivity contribution in [3.05, 3.63) is 84.8 Å². The van der Waals surface area contributed by atoms with Crippen LogP contribution in [0.2, 0.25) is 0 Å². The van der Waals surface area contributed by atoms with Crippen LogP contribution in [0.3, 0.4) is 0 Å². The topological polar surface area (TPSA) is 92.9 Å². The summed E-state index contributed by atoms with van der Waals surface area (Å²) in [6.45, 7) is 0. The van der Waals surface area contributed by atoms with E-state index in [1.54, 1.807) is 10.7 Å². The Morgan fingerprint density at radius 1 is 0.926 bits per heavy atom. The van der Waals surface area contributed by atoms with Crippen molar-refractivity contribution in [2.75, 3.05) is 5.32 Å². The molecule has 4 rings (SSSR count). The van der Waals surface area contributed by atoms with Gasteiger partial charge >= 0.3 is 0 Å². The quantitative estimate of drug-likeness (QED) is 0.585. The molecule has 0 bridgehead atoms. The van der Waals surface area contributed by atoms with E-state index < -0.39 is 5.91 Å². The normalized spacial score (nSPS) is 10.5. The van der Waals surface area contributed by atoms with Gasteiger partial charge in [0.1, 0.15) is 0 Å². The van der Waals surface area contributed by atoms with Crippen LogP contribution < -0.4 is 5.32 Å². The number of carbonyl (C=O) groups excluding carboxylic acids is 1. The van der Waals surface area contributed by atoms with Gasteiger partial charge in [0.15, 0.2) is 17.4 Å². The van der Waals surface area contributed by atoms with E-state index in [1.165, 1.54) is 12.3 Å². The van der Waals surface area contributed by atoms with E-state index in [2.05, 4.69) is 20.4 Å². The Morgan fingerprint density at radius 3 is 2.33 bits per heavy atom. The van der Waals surface area contributed by atoms with E-state index in [9.17, 15) is 9.90 Å². The molecule has 0 aliphatic carbocycles. The molecular weight excluding hydrogens is 342 g/mol. The molecule has 2 heterocycles. The summed E-state index contributed by atoms with van der Waals surface area (Å²) in [4.78, 5) is 21.0. The Bertz CT molecular complexity index is 1020. The second kappa shape index (κ2) is 7.09. The third kappa shape index (κ3) is 3.38. The van der Waals surface area contributed by atoms with Crippen molar-refractivity contribution in [2.24, 2.45) is 0 Å². The largest absolute Gasteiger partial charge is 0.504 e.